The molecule has 134 valence electrons. The Balaban J connectivity index is 2.05. The number of ether oxygens (including phenoxy) is 2. The molecule has 3 rings (SSSR count). The number of hydrogen-bond acceptors (Lipinski definition) is 6. The summed E-state index contributed by atoms with van der Waals surface area (Å²) < 4.78 is 14.1. The molecule has 0 unspecified atom stereocenters. The van der Waals surface area contributed by atoms with Crippen LogP contribution in [-0.2, 0) is 5.54 Å². The van der Waals surface area contributed by atoms with Gasteiger partial charge in [0.15, 0.2) is 11.5 Å². The molecule has 0 saturated heterocycles. The predicted molar refractivity (Wildman–Crippen MR) is 99.9 cm³/mol. The van der Waals surface area contributed by atoms with Gasteiger partial charge in [-0.15, -0.1) is 0 Å². The molecule has 0 aliphatic heterocycles. The van der Waals surface area contributed by atoms with Crippen molar-refractivity contribution in [3.63, 3.8) is 0 Å². The fourth-order valence-electron chi connectivity index (χ4n) is 2.69. The average molecular weight is 362 g/mol. The highest BCUT2D eigenvalue weighted by Gasteiger charge is 2.22. The third-order valence-corrected chi connectivity index (χ3v) is 4.98. The summed E-state index contributed by atoms with van der Waals surface area (Å²) in [6.07, 6.45) is 1.93. The molecule has 0 aliphatic rings. The van der Waals surface area contributed by atoms with Crippen molar-refractivity contribution in [3.05, 3.63) is 34.9 Å². The van der Waals surface area contributed by atoms with E-state index in [9.17, 15) is 4.79 Å². The van der Waals surface area contributed by atoms with Crippen LogP contribution in [0.25, 0.3) is 4.96 Å². The molecule has 25 heavy (non-hydrogen) atoms. The highest BCUT2D eigenvalue weighted by molar-refractivity contribution is 7.20. The van der Waals surface area contributed by atoms with E-state index < -0.39 is 0 Å². The van der Waals surface area contributed by atoms with E-state index in [1.807, 2.05) is 61.6 Å². The minimum Gasteiger partial charge on any atom is -0.493 e. The van der Waals surface area contributed by atoms with E-state index >= 15 is 0 Å². The number of hydrogen-bond donors (Lipinski definition) is 0. The Morgan fingerprint density at radius 2 is 1.84 bits per heavy atom. The minimum atomic E-state index is -0.350. The zero-order valence-corrected chi connectivity index (χ0v) is 16.0. The van der Waals surface area contributed by atoms with E-state index in [1.165, 1.54) is 11.3 Å². The molecule has 2 aromatic heterocycles. The molecule has 7 nitrogen and oxygen atoms in total. The quantitative estimate of drug-likeness (QED) is 0.714. The standard InChI is InChI=1S/C17H22N4O3S/c1-17(2,3)21-15(22)18-16-20(21)10-14(25-16)19(4)11-7-8-12(23-5)13(9-11)24-6/h7-10H,1-6H3. The van der Waals surface area contributed by atoms with Crippen molar-refractivity contribution < 1.29 is 9.47 Å². The van der Waals surface area contributed by atoms with E-state index in [4.69, 9.17) is 9.47 Å². The second-order valence-corrected chi connectivity index (χ2v) is 7.66. The van der Waals surface area contributed by atoms with Crippen LogP contribution in [0, 0.1) is 0 Å². The molecule has 2 heterocycles. The Hall–Kier alpha value is -2.48. The van der Waals surface area contributed by atoms with E-state index in [2.05, 4.69) is 4.98 Å². The predicted octanol–water partition coefficient (Wildman–Crippen LogP) is 3.10. The maximum absolute atomic E-state index is 12.1. The van der Waals surface area contributed by atoms with Gasteiger partial charge in [-0.05, 0) is 32.9 Å². The number of thiazole rings is 1. The number of benzene rings is 1. The molecule has 0 amide bonds. The smallest absolute Gasteiger partial charge is 0.365 e. The van der Waals surface area contributed by atoms with Crippen LogP contribution in [0.2, 0.25) is 0 Å². The summed E-state index contributed by atoms with van der Waals surface area (Å²) in [6, 6.07) is 5.74. The average Bonchev–Trinajstić information content (AvgIpc) is 3.08. The fourth-order valence-corrected chi connectivity index (χ4v) is 3.62. The number of rotatable bonds is 4. The Morgan fingerprint density at radius 1 is 1.16 bits per heavy atom. The normalized spacial score (nSPS) is 11.8. The largest absolute Gasteiger partial charge is 0.493 e. The first-order valence-corrected chi connectivity index (χ1v) is 8.65. The lowest BCUT2D eigenvalue weighted by atomic mass is 10.1. The van der Waals surface area contributed by atoms with Crippen molar-refractivity contribution in [3.8, 4) is 11.5 Å². The highest BCUT2D eigenvalue weighted by atomic mass is 32.1. The lowest BCUT2D eigenvalue weighted by Crippen LogP contribution is -2.34. The van der Waals surface area contributed by atoms with Crippen molar-refractivity contribution in [1.82, 2.24) is 14.2 Å². The molecule has 1 aromatic carbocycles. The van der Waals surface area contributed by atoms with Crippen LogP contribution in [0.15, 0.2) is 29.2 Å². The summed E-state index contributed by atoms with van der Waals surface area (Å²) in [5, 5.41) is 0.965. The van der Waals surface area contributed by atoms with E-state index in [1.54, 1.807) is 18.9 Å². The van der Waals surface area contributed by atoms with Gasteiger partial charge in [0.05, 0.1) is 26.0 Å². The van der Waals surface area contributed by atoms with Crippen LogP contribution in [-0.4, -0.2) is 35.4 Å². The zero-order valence-electron chi connectivity index (χ0n) is 15.2. The molecule has 0 N–H and O–H groups in total. The second-order valence-electron chi connectivity index (χ2n) is 6.67. The van der Waals surface area contributed by atoms with Gasteiger partial charge in [0.25, 0.3) is 0 Å². The van der Waals surface area contributed by atoms with Crippen LogP contribution in [0.5, 0.6) is 11.5 Å². The van der Waals surface area contributed by atoms with Crippen molar-refractivity contribution in [2.75, 3.05) is 26.2 Å². The van der Waals surface area contributed by atoms with Gasteiger partial charge in [-0.25, -0.2) is 14.0 Å². The SMILES string of the molecule is COc1ccc(N(C)c2cn3c(nc(=O)n3C(C)(C)C)s2)cc1OC. The molecule has 8 heteroatoms. The number of nitrogens with zero attached hydrogens (tertiary/aromatic N) is 4. The first-order valence-electron chi connectivity index (χ1n) is 7.83. The summed E-state index contributed by atoms with van der Waals surface area (Å²) in [7, 11) is 5.19. The van der Waals surface area contributed by atoms with Crippen molar-refractivity contribution in [2.45, 2.75) is 26.3 Å². The monoisotopic (exact) mass is 362 g/mol. The van der Waals surface area contributed by atoms with Crippen LogP contribution in [0.1, 0.15) is 20.8 Å². The highest BCUT2D eigenvalue weighted by Crippen LogP contribution is 2.36. The molecule has 0 fully saturated rings. The van der Waals surface area contributed by atoms with E-state index in [-0.39, 0.29) is 11.2 Å². The first-order chi connectivity index (χ1) is 11.8. The molecule has 0 atom stereocenters. The Kier molecular flexibility index (Phi) is 4.24. The first kappa shape index (κ1) is 17.3. The molecular formula is C17H22N4O3S. The molecule has 0 bridgehead atoms. The van der Waals surface area contributed by atoms with Gasteiger partial charge >= 0.3 is 5.69 Å². The van der Waals surface area contributed by atoms with Gasteiger partial charge in [-0.2, -0.15) is 4.98 Å². The summed E-state index contributed by atoms with van der Waals surface area (Å²) in [6.45, 7) is 5.95. The lowest BCUT2D eigenvalue weighted by molar-refractivity contribution is 0.329. The maximum atomic E-state index is 12.1. The number of anilines is 2. The van der Waals surface area contributed by atoms with Crippen LogP contribution >= 0.6 is 11.3 Å². The molecule has 0 radical (unpaired) electrons. The molecule has 3 aromatic rings. The number of fused-ring (bicyclic) bond motifs is 1. The summed E-state index contributed by atoms with van der Waals surface area (Å²) in [5.41, 5.74) is 0.363. The minimum absolute atomic E-state index is 0.237. The Morgan fingerprint density at radius 3 is 2.44 bits per heavy atom. The van der Waals surface area contributed by atoms with Crippen LogP contribution < -0.4 is 20.1 Å². The van der Waals surface area contributed by atoms with Gasteiger partial charge in [-0.1, -0.05) is 11.3 Å². The van der Waals surface area contributed by atoms with E-state index in [0.29, 0.717) is 16.5 Å². The van der Waals surface area contributed by atoms with Crippen LogP contribution in [0.4, 0.5) is 10.7 Å². The van der Waals surface area contributed by atoms with Gasteiger partial charge in [0.1, 0.15) is 5.00 Å². The third-order valence-electron chi connectivity index (χ3n) is 3.93. The number of aromatic nitrogens is 3. The van der Waals surface area contributed by atoms with Crippen molar-refractivity contribution >= 4 is 27.0 Å². The Labute approximate surface area is 150 Å². The molecule has 0 aliphatic carbocycles. The summed E-state index contributed by atoms with van der Waals surface area (Å²) >= 11 is 1.46. The van der Waals surface area contributed by atoms with Gasteiger partial charge in [0.2, 0.25) is 4.96 Å². The molecule has 0 saturated carbocycles. The van der Waals surface area contributed by atoms with Gasteiger partial charge in [-0.3, -0.25) is 0 Å². The van der Waals surface area contributed by atoms with Gasteiger partial charge in [0, 0.05) is 18.8 Å². The van der Waals surface area contributed by atoms with Crippen molar-refractivity contribution in [1.29, 1.82) is 0 Å². The summed E-state index contributed by atoms with van der Waals surface area (Å²) in [5.74, 6) is 1.35. The fraction of sp³-hybridized carbons (Fsp3) is 0.412. The molecular weight excluding hydrogens is 340 g/mol. The maximum Gasteiger partial charge on any atom is 0.365 e. The topological polar surface area (TPSA) is 61.0 Å². The third kappa shape index (κ3) is 2.97. The van der Waals surface area contributed by atoms with E-state index in [0.717, 1.165) is 10.7 Å². The summed E-state index contributed by atoms with van der Waals surface area (Å²) in [4.78, 5) is 19.0. The lowest BCUT2D eigenvalue weighted by Gasteiger charge is -2.20. The Bertz CT molecular complexity index is 965. The van der Waals surface area contributed by atoms with Gasteiger partial charge < -0.3 is 14.4 Å². The van der Waals surface area contributed by atoms with Crippen molar-refractivity contribution in [2.24, 2.45) is 0 Å². The molecule has 0 spiro atoms. The second kappa shape index (κ2) is 6.11. The van der Waals surface area contributed by atoms with Crippen LogP contribution in [0.3, 0.4) is 0 Å². The number of methoxy groups -OCH3 is 2. The zero-order chi connectivity index (χ0) is 18.4.